The number of aryl methyl sites for hydroxylation is 2. The summed E-state index contributed by atoms with van der Waals surface area (Å²) in [6.07, 6.45) is 5.73. The zero-order chi connectivity index (χ0) is 17.2. The van der Waals surface area contributed by atoms with Gasteiger partial charge in [-0.1, -0.05) is 43.7 Å². The lowest BCUT2D eigenvalue weighted by Gasteiger charge is -2.15. The highest BCUT2D eigenvalue weighted by Crippen LogP contribution is 2.24. The maximum Gasteiger partial charge on any atom is 0.151 e. The number of anilines is 3. The lowest BCUT2D eigenvalue weighted by atomic mass is 10.1. The van der Waals surface area contributed by atoms with E-state index in [4.69, 9.17) is 5.73 Å². The lowest BCUT2D eigenvalue weighted by molar-refractivity contribution is 0.763. The van der Waals surface area contributed by atoms with Crippen LogP contribution in [0.1, 0.15) is 43.7 Å². The molecule has 4 N–H and O–H groups in total. The highest BCUT2D eigenvalue weighted by molar-refractivity contribution is 5.68. The van der Waals surface area contributed by atoms with Crippen LogP contribution in [0.2, 0.25) is 0 Å². The number of nitrogen functional groups attached to an aromatic ring is 1. The van der Waals surface area contributed by atoms with Crippen molar-refractivity contribution in [3.05, 3.63) is 47.5 Å². The van der Waals surface area contributed by atoms with Crippen molar-refractivity contribution in [2.45, 2.75) is 46.0 Å². The van der Waals surface area contributed by atoms with E-state index >= 15 is 0 Å². The number of hydrogen-bond acceptors (Lipinski definition) is 4. The zero-order valence-electron chi connectivity index (χ0n) is 14.9. The smallest absolute Gasteiger partial charge is 0.151 e. The Bertz CT molecular complexity index is 611. The first-order valence-electron chi connectivity index (χ1n) is 8.99. The molecule has 4 nitrogen and oxygen atoms in total. The van der Waals surface area contributed by atoms with Crippen molar-refractivity contribution >= 4 is 17.3 Å². The number of rotatable bonds is 10. The predicted molar refractivity (Wildman–Crippen MR) is 105 cm³/mol. The number of nitrogens with one attached hydrogen (secondary N) is 2. The highest BCUT2D eigenvalue weighted by atomic mass is 15.1. The third kappa shape index (κ3) is 5.76. The summed E-state index contributed by atoms with van der Waals surface area (Å²) in [5, 5.41) is 6.91. The number of benzene rings is 1. The molecule has 0 amide bonds. The van der Waals surface area contributed by atoms with E-state index in [1.54, 1.807) is 0 Å². The van der Waals surface area contributed by atoms with Crippen LogP contribution in [0.3, 0.4) is 0 Å². The second-order valence-electron chi connectivity index (χ2n) is 6.24. The Balaban J connectivity index is 1.82. The van der Waals surface area contributed by atoms with Gasteiger partial charge in [0, 0.05) is 13.1 Å². The van der Waals surface area contributed by atoms with Crippen LogP contribution in [0.5, 0.6) is 0 Å². The number of nitrogens with two attached hydrogens (primary N) is 1. The maximum absolute atomic E-state index is 5.96. The Hall–Kier alpha value is -2.23. The van der Waals surface area contributed by atoms with Crippen molar-refractivity contribution in [1.82, 2.24) is 4.98 Å². The Morgan fingerprint density at radius 1 is 1.00 bits per heavy atom. The van der Waals surface area contributed by atoms with E-state index in [9.17, 15) is 0 Å². The van der Waals surface area contributed by atoms with Crippen LogP contribution in [-0.4, -0.2) is 18.1 Å². The summed E-state index contributed by atoms with van der Waals surface area (Å²) in [6.45, 7) is 6.05. The van der Waals surface area contributed by atoms with Gasteiger partial charge in [0.05, 0.1) is 5.69 Å². The summed E-state index contributed by atoms with van der Waals surface area (Å²) in [4.78, 5) is 4.50. The largest absolute Gasteiger partial charge is 0.383 e. The minimum absolute atomic E-state index is 0.601. The summed E-state index contributed by atoms with van der Waals surface area (Å²) in [7, 11) is 0. The van der Waals surface area contributed by atoms with Gasteiger partial charge in [0.25, 0.3) is 0 Å². The van der Waals surface area contributed by atoms with E-state index in [1.807, 2.05) is 6.92 Å². The molecule has 0 fully saturated rings. The molecule has 0 unspecified atom stereocenters. The predicted octanol–water partition coefficient (Wildman–Crippen LogP) is 4.62. The molecule has 2 rings (SSSR count). The van der Waals surface area contributed by atoms with Crippen LogP contribution < -0.4 is 16.4 Å². The van der Waals surface area contributed by atoms with Crippen molar-refractivity contribution in [3.8, 4) is 0 Å². The SMILES string of the molecule is CCCCNc1nc(N)c(C)cc1NCCCCc1ccccc1. The molecule has 1 aromatic carbocycles. The first kappa shape index (κ1) is 18.1. The summed E-state index contributed by atoms with van der Waals surface area (Å²) >= 11 is 0. The topological polar surface area (TPSA) is 63.0 Å². The Morgan fingerprint density at radius 2 is 1.75 bits per heavy atom. The van der Waals surface area contributed by atoms with Gasteiger partial charge in [0.2, 0.25) is 0 Å². The minimum atomic E-state index is 0.601. The number of hydrogen-bond donors (Lipinski definition) is 3. The Morgan fingerprint density at radius 3 is 2.50 bits per heavy atom. The second kappa shape index (κ2) is 9.81. The van der Waals surface area contributed by atoms with Crippen LogP contribution in [-0.2, 0) is 6.42 Å². The molecule has 1 heterocycles. The van der Waals surface area contributed by atoms with Crippen LogP contribution in [0.25, 0.3) is 0 Å². The van der Waals surface area contributed by atoms with E-state index in [2.05, 4.69) is 58.9 Å². The Kier molecular flexibility index (Phi) is 7.40. The van der Waals surface area contributed by atoms with Crippen molar-refractivity contribution in [3.63, 3.8) is 0 Å². The average Bonchev–Trinajstić information content (AvgIpc) is 2.59. The van der Waals surface area contributed by atoms with E-state index in [1.165, 1.54) is 12.0 Å². The number of aromatic nitrogens is 1. The van der Waals surface area contributed by atoms with Crippen LogP contribution in [0.4, 0.5) is 17.3 Å². The molecule has 0 aliphatic heterocycles. The third-order valence-corrected chi connectivity index (χ3v) is 4.13. The number of nitrogens with zero attached hydrogens (tertiary/aromatic N) is 1. The second-order valence-corrected chi connectivity index (χ2v) is 6.24. The molecule has 0 aliphatic carbocycles. The van der Waals surface area contributed by atoms with Gasteiger partial charge >= 0.3 is 0 Å². The molecular formula is C20H30N4. The van der Waals surface area contributed by atoms with Crippen molar-refractivity contribution in [1.29, 1.82) is 0 Å². The molecule has 1 aromatic heterocycles. The quantitative estimate of drug-likeness (QED) is 0.558. The fraction of sp³-hybridized carbons (Fsp3) is 0.450. The molecule has 0 bridgehead atoms. The van der Waals surface area contributed by atoms with Gasteiger partial charge in [-0.05, 0) is 49.8 Å². The van der Waals surface area contributed by atoms with Crippen molar-refractivity contribution < 1.29 is 0 Å². The van der Waals surface area contributed by atoms with Crippen LogP contribution in [0.15, 0.2) is 36.4 Å². The van der Waals surface area contributed by atoms with Gasteiger partial charge in [-0.2, -0.15) is 0 Å². The molecule has 24 heavy (non-hydrogen) atoms. The first-order valence-corrected chi connectivity index (χ1v) is 8.99. The number of unbranched alkanes of at least 4 members (excludes halogenated alkanes) is 2. The van der Waals surface area contributed by atoms with Crippen LogP contribution >= 0.6 is 0 Å². The van der Waals surface area contributed by atoms with Gasteiger partial charge < -0.3 is 16.4 Å². The first-order chi connectivity index (χ1) is 11.7. The zero-order valence-corrected chi connectivity index (χ0v) is 14.9. The van der Waals surface area contributed by atoms with E-state index < -0.39 is 0 Å². The normalized spacial score (nSPS) is 10.6. The van der Waals surface area contributed by atoms with Gasteiger partial charge in [0.1, 0.15) is 5.82 Å². The molecule has 0 saturated carbocycles. The highest BCUT2D eigenvalue weighted by Gasteiger charge is 2.07. The lowest BCUT2D eigenvalue weighted by Crippen LogP contribution is -2.11. The molecule has 0 radical (unpaired) electrons. The summed E-state index contributed by atoms with van der Waals surface area (Å²) in [5.74, 6) is 1.47. The Labute approximate surface area is 145 Å². The van der Waals surface area contributed by atoms with Crippen LogP contribution in [0, 0.1) is 6.92 Å². The van der Waals surface area contributed by atoms with E-state index in [0.717, 1.165) is 55.8 Å². The standard InChI is InChI=1S/C20H30N4/c1-3-4-13-23-20-18(15-16(2)19(21)24-20)22-14-9-8-12-17-10-6-5-7-11-17/h5-7,10-11,15,22H,3-4,8-9,12-14H2,1-2H3,(H3,21,23,24). The molecule has 130 valence electrons. The van der Waals surface area contributed by atoms with Gasteiger partial charge in [-0.15, -0.1) is 0 Å². The molecule has 0 aliphatic rings. The fourth-order valence-electron chi connectivity index (χ4n) is 2.60. The van der Waals surface area contributed by atoms with Gasteiger partial charge in [-0.25, -0.2) is 4.98 Å². The third-order valence-electron chi connectivity index (χ3n) is 4.13. The average molecular weight is 326 g/mol. The molecular weight excluding hydrogens is 296 g/mol. The summed E-state index contributed by atoms with van der Waals surface area (Å²) < 4.78 is 0. The van der Waals surface area contributed by atoms with Gasteiger partial charge in [0.15, 0.2) is 5.82 Å². The molecule has 2 aromatic rings. The number of pyridine rings is 1. The summed E-state index contributed by atoms with van der Waals surface area (Å²) in [5.41, 5.74) is 9.43. The summed E-state index contributed by atoms with van der Waals surface area (Å²) in [6, 6.07) is 12.7. The molecule has 4 heteroatoms. The fourth-order valence-corrected chi connectivity index (χ4v) is 2.60. The molecule has 0 spiro atoms. The van der Waals surface area contributed by atoms with Gasteiger partial charge in [-0.3, -0.25) is 0 Å². The van der Waals surface area contributed by atoms with Crippen molar-refractivity contribution in [2.24, 2.45) is 0 Å². The minimum Gasteiger partial charge on any atom is -0.383 e. The maximum atomic E-state index is 5.96. The van der Waals surface area contributed by atoms with E-state index in [-0.39, 0.29) is 0 Å². The monoisotopic (exact) mass is 326 g/mol. The van der Waals surface area contributed by atoms with Crippen molar-refractivity contribution in [2.75, 3.05) is 29.5 Å². The van der Waals surface area contributed by atoms with E-state index in [0.29, 0.717) is 5.82 Å². The molecule has 0 atom stereocenters. The molecule has 0 saturated heterocycles.